The van der Waals surface area contributed by atoms with Gasteiger partial charge in [0.2, 0.25) is 0 Å². The Morgan fingerprint density at radius 1 is 1.10 bits per heavy atom. The van der Waals surface area contributed by atoms with E-state index in [0.29, 0.717) is 13.2 Å². The van der Waals surface area contributed by atoms with E-state index < -0.39 is 0 Å². The smallest absolute Gasteiger partial charge is 0.0721 e. The predicted molar refractivity (Wildman–Crippen MR) is 90.4 cm³/mol. The van der Waals surface area contributed by atoms with Gasteiger partial charge in [0.15, 0.2) is 0 Å². The van der Waals surface area contributed by atoms with Crippen LogP contribution in [0.25, 0.3) is 0 Å². The molecule has 0 aromatic heterocycles. The Bertz CT molecular complexity index is 435. The summed E-state index contributed by atoms with van der Waals surface area (Å²) < 4.78 is 5.64. The van der Waals surface area contributed by atoms with Crippen molar-refractivity contribution in [2.45, 2.75) is 51.6 Å². The van der Waals surface area contributed by atoms with Crippen LogP contribution in [0.4, 0.5) is 0 Å². The zero-order chi connectivity index (χ0) is 14.9. The lowest BCUT2D eigenvalue weighted by molar-refractivity contribution is 0.148. The molecule has 0 aliphatic heterocycles. The molecule has 1 nitrogen and oxygen atoms in total. The molecule has 1 aliphatic carbocycles. The fourth-order valence-electron chi connectivity index (χ4n) is 3.05. The first kappa shape index (κ1) is 16.0. The molecule has 1 aromatic rings. The van der Waals surface area contributed by atoms with Crippen LogP contribution in [0.3, 0.4) is 0 Å². The first-order valence-corrected chi connectivity index (χ1v) is 8.27. The van der Waals surface area contributed by atoms with Gasteiger partial charge in [0.05, 0.1) is 13.2 Å². The van der Waals surface area contributed by atoms with Gasteiger partial charge in [0.1, 0.15) is 0 Å². The molecule has 0 N–H and O–H groups in total. The minimum absolute atomic E-state index is 0.706. The van der Waals surface area contributed by atoms with Gasteiger partial charge in [-0.15, -0.1) is 6.58 Å². The van der Waals surface area contributed by atoms with Crippen LogP contribution in [0.5, 0.6) is 0 Å². The van der Waals surface area contributed by atoms with E-state index in [-0.39, 0.29) is 0 Å². The molecule has 0 heterocycles. The second kappa shape index (κ2) is 8.84. The van der Waals surface area contributed by atoms with Crippen LogP contribution < -0.4 is 0 Å². The maximum absolute atomic E-state index is 5.64. The van der Waals surface area contributed by atoms with Crippen LogP contribution in [0.15, 0.2) is 49.1 Å². The summed E-state index contributed by atoms with van der Waals surface area (Å²) in [5.74, 6) is 1.48. The second-order valence-corrected chi connectivity index (χ2v) is 5.98. The molecule has 0 atom stereocenters. The standard InChI is InChI=1S/C20H28O/c1-3-5-6-15-21-16-18-9-13-20(14-10-18)19-11-7-17(4-2)8-12-19/h4-6,9-10,13-14,17,19H,2-3,7-8,11-12,15-16H2,1H3/b6-5+. The summed E-state index contributed by atoms with van der Waals surface area (Å²) in [4.78, 5) is 0. The number of hydrogen-bond acceptors (Lipinski definition) is 1. The summed E-state index contributed by atoms with van der Waals surface area (Å²) in [6.45, 7) is 7.47. The Hall–Kier alpha value is -1.34. The van der Waals surface area contributed by atoms with Gasteiger partial charge < -0.3 is 4.74 Å². The van der Waals surface area contributed by atoms with Crippen molar-refractivity contribution in [3.63, 3.8) is 0 Å². The highest BCUT2D eigenvalue weighted by atomic mass is 16.5. The number of hydrogen-bond donors (Lipinski definition) is 0. The summed E-state index contributed by atoms with van der Waals surface area (Å²) in [5.41, 5.74) is 2.76. The SMILES string of the molecule is C=CC1CCC(c2ccc(COC/C=C/CC)cc2)CC1. The first-order valence-electron chi connectivity index (χ1n) is 8.27. The lowest BCUT2D eigenvalue weighted by Crippen LogP contribution is -2.11. The highest BCUT2D eigenvalue weighted by Crippen LogP contribution is 2.36. The van der Waals surface area contributed by atoms with Gasteiger partial charge in [-0.3, -0.25) is 0 Å². The van der Waals surface area contributed by atoms with Crippen molar-refractivity contribution in [1.82, 2.24) is 0 Å². The molecule has 0 saturated heterocycles. The molecule has 1 saturated carbocycles. The Labute approximate surface area is 129 Å². The van der Waals surface area contributed by atoms with Gasteiger partial charge in [-0.2, -0.15) is 0 Å². The highest BCUT2D eigenvalue weighted by molar-refractivity contribution is 5.25. The number of ether oxygens (including phenoxy) is 1. The van der Waals surface area contributed by atoms with Crippen LogP contribution in [-0.4, -0.2) is 6.61 Å². The lowest BCUT2D eigenvalue weighted by atomic mass is 9.79. The summed E-state index contributed by atoms with van der Waals surface area (Å²) in [6.07, 6.45) is 12.6. The van der Waals surface area contributed by atoms with Crippen molar-refractivity contribution in [2.24, 2.45) is 5.92 Å². The van der Waals surface area contributed by atoms with Crippen molar-refractivity contribution in [1.29, 1.82) is 0 Å². The highest BCUT2D eigenvalue weighted by Gasteiger charge is 2.20. The molecule has 0 unspecified atom stereocenters. The van der Waals surface area contributed by atoms with Crippen LogP contribution in [0, 0.1) is 5.92 Å². The average Bonchev–Trinajstić information content (AvgIpc) is 2.55. The molecule has 1 aliphatic rings. The van der Waals surface area contributed by atoms with E-state index in [9.17, 15) is 0 Å². The van der Waals surface area contributed by atoms with Gasteiger partial charge in [-0.05, 0) is 55.1 Å². The normalized spacial score (nSPS) is 22.5. The molecule has 0 spiro atoms. The zero-order valence-corrected chi connectivity index (χ0v) is 13.3. The fourth-order valence-corrected chi connectivity index (χ4v) is 3.05. The Morgan fingerprint density at radius 2 is 1.81 bits per heavy atom. The van der Waals surface area contributed by atoms with Gasteiger partial charge in [-0.25, -0.2) is 0 Å². The van der Waals surface area contributed by atoms with Crippen LogP contribution in [-0.2, 0) is 11.3 Å². The van der Waals surface area contributed by atoms with Crippen LogP contribution in [0.1, 0.15) is 56.1 Å². The number of benzene rings is 1. The third-order valence-corrected chi connectivity index (χ3v) is 4.44. The molecule has 2 rings (SSSR count). The summed E-state index contributed by atoms with van der Waals surface area (Å²) >= 11 is 0. The number of rotatable bonds is 7. The fraction of sp³-hybridized carbons (Fsp3) is 0.500. The molecular weight excluding hydrogens is 256 g/mol. The van der Waals surface area contributed by atoms with Crippen LogP contribution >= 0.6 is 0 Å². The molecule has 114 valence electrons. The van der Waals surface area contributed by atoms with Gasteiger partial charge in [-0.1, -0.05) is 49.4 Å². The van der Waals surface area contributed by atoms with Gasteiger partial charge in [0, 0.05) is 0 Å². The first-order chi connectivity index (χ1) is 10.3. The summed E-state index contributed by atoms with van der Waals surface area (Å²) in [7, 11) is 0. The maximum atomic E-state index is 5.64. The molecule has 0 radical (unpaired) electrons. The minimum atomic E-state index is 0.706. The summed E-state index contributed by atoms with van der Waals surface area (Å²) in [6, 6.07) is 9.02. The average molecular weight is 284 g/mol. The minimum Gasteiger partial charge on any atom is -0.373 e. The van der Waals surface area contributed by atoms with Crippen LogP contribution in [0.2, 0.25) is 0 Å². The molecule has 1 aromatic carbocycles. The summed E-state index contributed by atoms with van der Waals surface area (Å²) in [5, 5.41) is 0. The van der Waals surface area contributed by atoms with E-state index in [1.165, 1.54) is 36.8 Å². The monoisotopic (exact) mass is 284 g/mol. The molecule has 21 heavy (non-hydrogen) atoms. The van der Waals surface area contributed by atoms with Crippen molar-refractivity contribution < 1.29 is 4.74 Å². The van der Waals surface area contributed by atoms with E-state index in [2.05, 4.69) is 56.0 Å². The van der Waals surface area contributed by atoms with Crippen molar-refractivity contribution in [3.8, 4) is 0 Å². The topological polar surface area (TPSA) is 9.23 Å². The van der Waals surface area contributed by atoms with E-state index in [0.717, 1.165) is 18.3 Å². The number of allylic oxidation sites excluding steroid dienone is 2. The molecule has 0 amide bonds. The van der Waals surface area contributed by atoms with E-state index >= 15 is 0 Å². The van der Waals surface area contributed by atoms with E-state index in [1.807, 2.05) is 0 Å². The molecule has 1 heteroatoms. The van der Waals surface area contributed by atoms with Crippen molar-refractivity contribution in [2.75, 3.05) is 6.61 Å². The Kier molecular flexibility index (Phi) is 6.75. The third kappa shape index (κ3) is 5.17. The molecular formula is C20H28O. The Balaban J connectivity index is 1.79. The van der Waals surface area contributed by atoms with E-state index in [4.69, 9.17) is 4.74 Å². The largest absolute Gasteiger partial charge is 0.373 e. The second-order valence-electron chi connectivity index (χ2n) is 5.98. The maximum Gasteiger partial charge on any atom is 0.0721 e. The van der Waals surface area contributed by atoms with Gasteiger partial charge >= 0.3 is 0 Å². The zero-order valence-electron chi connectivity index (χ0n) is 13.3. The third-order valence-electron chi connectivity index (χ3n) is 4.44. The van der Waals surface area contributed by atoms with Gasteiger partial charge in [0.25, 0.3) is 0 Å². The van der Waals surface area contributed by atoms with Crippen molar-refractivity contribution in [3.05, 3.63) is 60.2 Å². The lowest BCUT2D eigenvalue weighted by Gasteiger charge is -2.27. The molecule has 0 bridgehead atoms. The quantitative estimate of drug-likeness (QED) is 0.466. The predicted octanol–water partition coefficient (Wildman–Crippen LogP) is 5.63. The van der Waals surface area contributed by atoms with Crippen molar-refractivity contribution >= 4 is 0 Å². The molecule has 1 fully saturated rings. The van der Waals surface area contributed by atoms with E-state index in [1.54, 1.807) is 0 Å². The Morgan fingerprint density at radius 3 is 2.43 bits per heavy atom.